The van der Waals surface area contributed by atoms with E-state index in [9.17, 15) is 0 Å². The average Bonchev–Trinajstić information content (AvgIpc) is 2.76. The van der Waals surface area contributed by atoms with Crippen LogP contribution in [0.3, 0.4) is 0 Å². The molecule has 0 unspecified atom stereocenters. The molecule has 0 saturated heterocycles. The number of benzene rings is 1. The molecule has 0 atom stereocenters. The number of nitriles is 1. The van der Waals surface area contributed by atoms with Gasteiger partial charge in [0.1, 0.15) is 0 Å². The Labute approximate surface area is 100 Å². The van der Waals surface area contributed by atoms with Crippen LogP contribution in [0, 0.1) is 11.3 Å². The van der Waals surface area contributed by atoms with E-state index >= 15 is 0 Å². The molecular weight excluding hydrogens is 212 g/mol. The van der Waals surface area contributed by atoms with E-state index in [4.69, 9.17) is 5.26 Å². The minimum atomic E-state index is 0.693. The molecule has 0 radical (unpaired) electrons. The molecule has 0 amide bonds. The van der Waals surface area contributed by atoms with Crippen LogP contribution in [-0.2, 0) is 20.1 Å². The van der Waals surface area contributed by atoms with Gasteiger partial charge >= 0.3 is 0 Å². The van der Waals surface area contributed by atoms with Crippen molar-refractivity contribution in [3.8, 4) is 6.07 Å². The maximum Gasteiger partial charge on any atom is 0.0991 e. The predicted octanol–water partition coefficient (Wildman–Crippen LogP) is 1.58. The van der Waals surface area contributed by atoms with Gasteiger partial charge in [-0.3, -0.25) is 4.68 Å². The van der Waals surface area contributed by atoms with Crippen molar-refractivity contribution in [1.29, 1.82) is 5.26 Å². The minimum Gasteiger partial charge on any atom is -0.307 e. The molecule has 2 rings (SSSR count). The quantitative estimate of drug-likeness (QED) is 0.861. The van der Waals surface area contributed by atoms with Gasteiger partial charge in [0.05, 0.1) is 17.3 Å². The number of aromatic nitrogens is 2. The van der Waals surface area contributed by atoms with Gasteiger partial charge in [-0.15, -0.1) is 0 Å². The van der Waals surface area contributed by atoms with Gasteiger partial charge < -0.3 is 5.32 Å². The van der Waals surface area contributed by atoms with E-state index in [1.165, 1.54) is 5.56 Å². The molecule has 4 heteroatoms. The van der Waals surface area contributed by atoms with Gasteiger partial charge in [-0.1, -0.05) is 12.1 Å². The van der Waals surface area contributed by atoms with Crippen molar-refractivity contribution in [2.75, 3.05) is 0 Å². The van der Waals surface area contributed by atoms with Gasteiger partial charge in [0, 0.05) is 26.3 Å². The van der Waals surface area contributed by atoms with Crippen LogP contribution in [0.2, 0.25) is 0 Å². The topological polar surface area (TPSA) is 53.6 Å². The molecule has 0 spiro atoms. The third kappa shape index (κ3) is 3.16. The fraction of sp³-hybridized carbons (Fsp3) is 0.231. The Morgan fingerprint density at radius 2 is 2.00 bits per heavy atom. The third-order valence-electron chi connectivity index (χ3n) is 2.49. The first-order chi connectivity index (χ1) is 8.28. The van der Waals surface area contributed by atoms with Crippen LogP contribution >= 0.6 is 0 Å². The van der Waals surface area contributed by atoms with E-state index in [2.05, 4.69) is 16.5 Å². The van der Waals surface area contributed by atoms with Crippen molar-refractivity contribution in [2.45, 2.75) is 13.1 Å². The van der Waals surface area contributed by atoms with Gasteiger partial charge in [-0.2, -0.15) is 10.4 Å². The van der Waals surface area contributed by atoms with Crippen molar-refractivity contribution < 1.29 is 0 Å². The Morgan fingerprint density at radius 1 is 1.24 bits per heavy atom. The minimum absolute atomic E-state index is 0.693. The first-order valence-corrected chi connectivity index (χ1v) is 5.46. The van der Waals surface area contributed by atoms with Crippen LogP contribution in [0.1, 0.15) is 16.8 Å². The van der Waals surface area contributed by atoms with E-state index in [0.29, 0.717) is 5.56 Å². The molecule has 0 aliphatic carbocycles. The first-order valence-electron chi connectivity index (χ1n) is 5.46. The zero-order valence-electron chi connectivity index (χ0n) is 9.72. The van der Waals surface area contributed by atoms with Gasteiger partial charge in [-0.25, -0.2) is 0 Å². The molecule has 17 heavy (non-hydrogen) atoms. The summed E-state index contributed by atoms with van der Waals surface area (Å²) < 4.78 is 1.79. The molecule has 86 valence electrons. The fourth-order valence-corrected chi connectivity index (χ4v) is 1.59. The molecule has 0 aliphatic rings. The number of nitrogens with one attached hydrogen (secondary N) is 1. The zero-order chi connectivity index (χ0) is 12.1. The maximum absolute atomic E-state index is 8.68. The Hall–Kier alpha value is -2.12. The summed E-state index contributed by atoms with van der Waals surface area (Å²) in [6, 6.07) is 11.7. The van der Waals surface area contributed by atoms with E-state index in [1.807, 2.05) is 43.6 Å². The van der Waals surface area contributed by atoms with Gasteiger partial charge in [0.15, 0.2) is 0 Å². The molecule has 1 heterocycles. The highest BCUT2D eigenvalue weighted by Gasteiger charge is 1.97. The number of hydrogen-bond donors (Lipinski definition) is 1. The zero-order valence-corrected chi connectivity index (χ0v) is 9.72. The van der Waals surface area contributed by atoms with Crippen molar-refractivity contribution in [1.82, 2.24) is 15.1 Å². The van der Waals surface area contributed by atoms with Crippen molar-refractivity contribution in [2.24, 2.45) is 7.05 Å². The summed E-state index contributed by atoms with van der Waals surface area (Å²) in [5, 5.41) is 16.3. The highest BCUT2D eigenvalue weighted by molar-refractivity contribution is 5.31. The molecule has 0 fully saturated rings. The van der Waals surface area contributed by atoms with E-state index in [1.54, 1.807) is 4.68 Å². The Balaban J connectivity index is 1.84. The van der Waals surface area contributed by atoms with Crippen LogP contribution < -0.4 is 5.32 Å². The SMILES string of the molecule is Cn1ccc(CNCc2ccc(C#N)cc2)n1. The van der Waals surface area contributed by atoms with Crippen LogP contribution in [-0.4, -0.2) is 9.78 Å². The van der Waals surface area contributed by atoms with Gasteiger partial charge in [0.2, 0.25) is 0 Å². The van der Waals surface area contributed by atoms with Crippen molar-refractivity contribution in [3.05, 3.63) is 53.3 Å². The Kier molecular flexibility index (Phi) is 3.53. The van der Waals surface area contributed by atoms with Crippen LogP contribution in [0.25, 0.3) is 0 Å². The lowest BCUT2D eigenvalue weighted by Crippen LogP contribution is -2.13. The molecule has 1 aromatic carbocycles. The van der Waals surface area contributed by atoms with Crippen LogP contribution in [0.15, 0.2) is 36.5 Å². The summed E-state index contributed by atoms with van der Waals surface area (Å²) in [5.74, 6) is 0. The molecular formula is C13H14N4. The predicted molar refractivity (Wildman–Crippen MR) is 64.9 cm³/mol. The van der Waals surface area contributed by atoms with E-state index in [-0.39, 0.29) is 0 Å². The monoisotopic (exact) mass is 226 g/mol. The molecule has 1 aromatic heterocycles. The maximum atomic E-state index is 8.68. The van der Waals surface area contributed by atoms with Crippen molar-refractivity contribution >= 4 is 0 Å². The lowest BCUT2D eigenvalue weighted by Gasteiger charge is -2.02. The normalized spacial score (nSPS) is 10.1. The highest BCUT2D eigenvalue weighted by Crippen LogP contribution is 2.03. The standard InChI is InChI=1S/C13H14N4/c1-17-7-6-13(16-17)10-15-9-12-4-2-11(8-14)3-5-12/h2-7,15H,9-10H2,1H3. The Morgan fingerprint density at radius 3 is 2.59 bits per heavy atom. The highest BCUT2D eigenvalue weighted by atomic mass is 15.3. The van der Waals surface area contributed by atoms with Gasteiger partial charge in [-0.05, 0) is 23.8 Å². The van der Waals surface area contributed by atoms with Gasteiger partial charge in [0.25, 0.3) is 0 Å². The molecule has 2 aromatic rings. The smallest absolute Gasteiger partial charge is 0.0991 e. The third-order valence-corrected chi connectivity index (χ3v) is 2.49. The number of aryl methyl sites for hydroxylation is 1. The first kappa shape index (κ1) is 11.4. The molecule has 0 bridgehead atoms. The summed E-state index contributed by atoms with van der Waals surface area (Å²) in [5.41, 5.74) is 2.89. The van der Waals surface area contributed by atoms with Crippen LogP contribution in [0.5, 0.6) is 0 Å². The molecule has 4 nitrogen and oxygen atoms in total. The second kappa shape index (κ2) is 5.28. The Bertz CT molecular complexity index is 519. The lowest BCUT2D eigenvalue weighted by molar-refractivity contribution is 0.656. The van der Waals surface area contributed by atoms with E-state index in [0.717, 1.165) is 18.8 Å². The number of rotatable bonds is 4. The summed E-state index contributed by atoms with van der Waals surface area (Å²) in [7, 11) is 1.91. The summed E-state index contributed by atoms with van der Waals surface area (Å²) >= 11 is 0. The molecule has 0 saturated carbocycles. The average molecular weight is 226 g/mol. The second-order valence-corrected chi connectivity index (χ2v) is 3.89. The number of hydrogen-bond acceptors (Lipinski definition) is 3. The largest absolute Gasteiger partial charge is 0.307 e. The van der Waals surface area contributed by atoms with Crippen molar-refractivity contribution in [3.63, 3.8) is 0 Å². The fourth-order valence-electron chi connectivity index (χ4n) is 1.59. The summed E-state index contributed by atoms with van der Waals surface area (Å²) in [6.45, 7) is 1.53. The number of nitrogens with zero attached hydrogens (tertiary/aromatic N) is 3. The molecule has 0 aliphatic heterocycles. The molecule has 1 N–H and O–H groups in total. The second-order valence-electron chi connectivity index (χ2n) is 3.89. The van der Waals surface area contributed by atoms with E-state index < -0.39 is 0 Å². The van der Waals surface area contributed by atoms with Crippen LogP contribution in [0.4, 0.5) is 0 Å². The summed E-state index contributed by atoms with van der Waals surface area (Å²) in [4.78, 5) is 0. The lowest BCUT2D eigenvalue weighted by atomic mass is 10.1. The summed E-state index contributed by atoms with van der Waals surface area (Å²) in [6.07, 6.45) is 1.93.